The summed E-state index contributed by atoms with van der Waals surface area (Å²) >= 11 is 0. The number of aliphatic hydroxyl groups is 1. The Morgan fingerprint density at radius 1 is 1.43 bits per heavy atom. The minimum atomic E-state index is -0.836. The number of benzene rings is 1. The molecule has 1 aromatic carbocycles. The van der Waals surface area contributed by atoms with Gasteiger partial charge >= 0.3 is 0 Å². The van der Waals surface area contributed by atoms with Gasteiger partial charge in [-0.2, -0.15) is 0 Å². The van der Waals surface area contributed by atoms with E-state index in [4.69, 9.17) is 4.74 Å². The Hall–Kier alpha value is -1.43. The first-order valence-electron chi connectivity index (χ1n) is 7.32. The van der Waals surface area contributed by atoms with Crippen LogP contribution in [0.25, 0.3) is 0 Å². The first kappa shape index (κ1) is 15.9. The number of aliphatic hydroxyl groups excluding tert-OH is 1. The second kappa shape index (κ2) is 7.02. The third-order valence-corrected chi connectivity index (χ3v) is 3.79. The summed E-state index contributed by atoms with van der Waals surface area (Å²) in [4.78, 5) is 16.6. The Balaban J connectivity index is 2.11. The van der Waals surface area contributed by atoms with E-state index in [0.717, 1.165) is 12.1 Å². The highest BCUT2D eigenvalue weighted by atomic mass is 16.5. The summed E-state index contributed by atoms with van der Waals surface area (Å²) in [5, 5.41) is 9.25. The lowest BCUT2D eigenvalue weighted by molar-refractivity contribution is -0.167. The van der Waals surface area contributed by atoms with E-state index in [-0.39, 0.29) is 12.5 Å². The third-order valence-electron chi connectivity index (χ3n) is 3.79. The lowest BCUT2D eigenvalue weighted by atomic mass is 10.0. The molecule has 0 radical (unpaired) electrons. The van der Waals surface area contributed by atoms with Crippen molar-refractivity contribution in [1.82, 2.24) is 9.80 Å². The van der Waals surface area contributed by atoms with E-state index in [2.05, 4.69) is 4.90 Å². The van der Waals surface area contributed by atoms with Gasteiger partial charge in [-0.3, -0.25) is 4.79 Å². The molecule has 0 saturated carbocycles. The van der Waals surface area contributed by atoms with Crippen LogP contribution in [0.2, 0.25) is 0 Å². The van der Waals surface area contributed by atoms with Crippen LogP contribution in [0, 0.1) is 0 Å². The van der Waals surface area contributed by atoms with E-state index in [9.17, 15) is 9.90 Å². The molecule has 1 aromatic rings. The fraction of sp³-hybridized carbons (Fsp3) is 0.562. The highest BCUT2D eigenvalue weighted by molar-refractivity contribution is 5.85. The maximum Gasteiger partial charge on any atom is 0.256 e. The third kappa shape index (κ3) is 4.03. The minimum Gasteiger partial charge on any atom is -0.395 e. The number of ether oxygens (including phenoxy) is 1. The van der Waals surface area contributed by atoms with Gasteiger partial charge in [0, 0.05) is 26.2 Å². The molecule has 1 atom stereocenters. The van der Waals surface area contributed by atoms with E-state index in [1.165, 1.54) is 0 Å². The van der Waals surface area contributed by atoms with Crippen LogP contribution in [0.3, 0.4) is 0 Å². The predicted octanol–water partition coefficient (Wildman–Crippen LogP) is 0.728. The zero-order chi connectivity index (χ0) is 15.3. The molecule has 21 heavy (non-hydrogen) atoms. The Bertz CT molecular complexity index is 466. The quantitative estimate of drug-likeness (QED) is 0.869. The van der Waals surface area contributed by atoms with Gasteiger partial charge in [-0.1, -0.05) is 30.3 Å². The second-order valence-electron chi connectivity index (χ2n) is 5.75. The van der Waals surface area contributed by atoms with E-state index in [1.54, 1.807) is 4.90 Å². The predicted molar refractivity (Wildman–Crippen MR) is 80.8 cm³/mol. The minimum absolute atomic E-state index is 0.0511. The van der Waals surface area contributed by atoms with Gasteiger partial charge in [0.05, 0.1) is 13.2 Å². The van der Waals surface area contributed by atoms with Crippen molar-refractivity contribution in [3.8, 4) is 0 Å². The molecule has 1 aliphatic heterocycles. The van der Waals surface area contributed by atoms with E-state index < -0.39 is 5.60 Å². The number of nitrogens with zero attached hydrogens (tertiary/aromatic N) is 2. The van der Waals surface area contributed by atoms with Gasteiger partial charge in [-0.05, 0) is 19.5 Å². The standard InChI is InChI=1S/C16H24N2O3/c1-16(13-17(2)9-11-21-16)15(20)18(8-10-19)12-14-6-4-3-5-7-14/h3-7,19H,8-13H2,1-2H3. The Morgan fingerprint density at radius 2 is 2.14 bits per heavy atom. The number of hydrogen-bond acceptors (Lipinski definition) is 4. The molecule has 1 N–H and O–H groups in total. The molecule has 0 bridgehead atoms. The smallest absolute Gasteiger partial charge is 0.256 e. The maximum atomic E-state index is 12.8. The number of rotatable bonds is 5. The van der Waals surface area contributed by atoms with Crippen molar-refractivity contribution in [3.05, 3.63) is 35.9 Å². The average Bonchev–Trinajstić information content (AvgIpc) is 2.47. The van der Waals surface area contributed by atoms with Gasteiger partial charge < -0.3 is 19.6 Å². The molecular formula is C16H24N2O3. The van der Waals surface area contributed by atoms with Crippen LogP contribution in [-0.2, 0) is 16.1 Å². The topological polar surface area (TPSA) is 53.0 Å². The van der Waals surface area contributed by atoms with Crippen molar-refractivity contribution >= 4 is 5.91 Å². The number of amides is 1. The number of carbonyl (C=O) groups is 1. The zero-order valence-corrected chi connectivity index (χ0v) is 12.8. The number of carbonyl (C=O) groups excluding carboxylic acids is 1. The van der Waals surface area contributed by atoms with Crippen LogP contribution in [0.15, 0.2) is 30.3 Å². The first-order chi connectivity index (χ1) is 10.0. The van der Waals surface area contributed by atoms with Gasteiger partial charge in [0.1, 0.15) is 0 Å². The fourth-order valence-electron chi connectivity index (χ4n) is 2.71. The van der Waals surface area contributed by atoms with Crippen LogP contribution >= 0.6 is 0 Å². The van der Waals surface area contributed by atoms with E-state index >= 15 is 0 Å². The largest absolute Gasteiger partial charge is 0.395 e. The van der Waals surface area contributed by atoms with Crippen LogP contribution in [0.5, 0.6) is 0 Å². The molecule has 0 aliphatic carbocycles. The van der Waals surface area contributed by atoms with Crippen molar-refractivity contribution in [3.63, 3.8) is 0 Å². The highest BCUT2D eigenvalue weighted by Crippen LogP contribution is 2.21. The summed E-state index contributed by atoms with van der Waals surface area (Å²) in [7, 11) is 1.99. The Morgan fingerprint density at radius 3 is 2.76 bits per heavy atom. The fourth-order valence-corrected chi connectivity index (χ4v) is 2.71. The van der Waals surface area contributed by atoms with Crippen molar-refractivity contribution in [2.45, 2.75) is 19.1 Å². The van der Waals surface area contributed by atoms with Gasteiger partial charge in [0.2, 0.25) is 0 Å². The van der Waals surface area contributed by atoms with Gasteiger partial charge in [0.25, 0.3) is 5.91 Å². The van der Waals surface area contributed by atoms with Crippen LogP contribution in [0.1, 0.15) is 12.5 Å². The van der Waals surface area contributed by atoms with E-state index in [1.807, 2.05) is 44.3 Å². The van der Waals surface area contributed by atoms with Crippen molar-refractivity contribution in [2.24, 2.45) is 0 Å². The Labute approximate surface area is 126 Å². The van der Waals surface area contributed by atoms with E-state index in [0.29, 0.717) is 26.2 Å². The molecule has 1 fully saturated rings. The van der Waals surface area contributed by atoms with Crippen molar-refractivity contribution in [1.29, 1.82) is 0 Å². The van der Waals surface area contributed by atoms with Gasteiger partial charge in [0.15, 0.2) is 5.60 Å². The van der Waals surface area contributed by atoms with Gasteiger partial charge in [-0.25, -0.2) is 0 Å². The summed E-state index contributed by atoms with van der Waals surface area (Å²) in [5.41, 5.74) is 0.212. The molecule has 5 nitrogen and oxygen atoms in total. The number of hydrogen-bond donors (Lipinski definition) is 1. The summed E-state index contributed by atoms with van der Waals surface area (Å²) in [6, 6.07) is 9.80. The second-order valence-corrected chi connectivity index (χ2v) is 5.75. The average molecular weight is 292 g/mol. The maximum absolute atomic E-state index is 12.8. The zero-order valence-electron chi connectivity index (χ0n) is 12.8. The monoisotopic (exact) mass is 292 g/mol. The lowest BCUT2D eigenvalue weighted by Crippen LogP contribution is -2.58. The Kier molecular flexibility index (Phi) is 5.33. The molecule has 0 spiro atoms. The van der Waals surface area contributed by atoms with Crippen molar-refractivity contribution < 1.29 is 14.6 Å². The number of morpholine rings is 1. The normalized spacial score (nSPS) is 23.0. The molecule has 2 rings (SSSR count). The highest BCUT2D eigenvalue weighted by Gasteiger charge is 2.40. The summed E-state index contributed by atoms with van der Waals surface area (Å²) in [5.74, 6) is -0.0630. The molecule has 116 valence electrons. The molecule has 1 unspecified atom stereocenters. The van der Waals surface area contributed by atoms with Crippen LogP contribution in [0.4, 0.5) is 0 Å². The summed E-state index contributed by atoms with van der Waals surface area (Å²) < 4.78 is 5.75. The molecule has 1 aliphatic rings. The van der Waals surface area contributed by atoms with Crippen molar-refractivity contribution in [2.75, 3.05) is 39.9 Å². The molecule has 1 heterocycles. The van der Waals surface area contributed by atoms with Gasteiger partial charge in [-0.15, -0.1) is 0 Å². The summed E-state index contributed by atoms with van der Waals surface area (Å²) in [6.07, 6.45) is 0. The SMILES string of the molecule is CN1CCOC(C)(C(=O)N(CCO)Cc2ccccc2)C1. The van der Waals surface area contributed by atoms with Crippen LogP contribution in [-0.4, -0.2) is 66.3 Å². The molecule has 1 saturated heterocycles. The molecule has 5 heteroatoms. The molecule has 0 aromatic heterocycles. The molecular weight excluding hydrogens is 268 g/mol. The number of likely N-dealkylation sites (N-methyl/N-ethyl adjacent to an activating group) is 1. The van der Waals surface area contributed by atoms with Crippen LogP contribution < -0.4 is 0 Å². The lowest BCUT2D eigenvalue weighted by Gasteiger charge is -2.40. The summed E-state index contributed by atoms with van der Waals surface area (Å²) in [6.45, 7) is 4.55. The molecule has 1 amide bonds. The first-order valence-corrected chi connectivity index (χ1v) is 7.32.